The summed E-state index contributed by atoms with van der Waals surface area (Å²) in [7, 11) is 0. The van der Waals surface area contributed by atoms with Gasteiger partial charge < -0.3 is 4.90 Å². The van der Waals surface area contributed by atoms with Crippen molar-refractivity contribution in [2.45, 2.75) is 39.0 Å². The van der Waals surface area contributed by atoms with Crippen molar-refractivity contribution in [3.63, 3.8) is 0 Å². The van der Waals surface area contributed by atoms with Gasteiger partial charge in [0, 0.05) is 36.0 Å². The number of benzene rings is 1. The first-order valence-electron chi connectivity index (χ1n) is 7.69. The van der Waals surface area contributed by atoms with Crippen molar-refractivity contribution in [3.8, 4) is 0 Å². The quantitative estimate of drug-likeness (QED) is 0.772. The Balaban J connectivity index is 1.98. The van der Waals surface area contributed by atoms with Crippen molar-refractivity contribution in [1.82, 2.24) is 4.90 Å². The molecule has 1 aromatic carbocycles. The summed E-state index contributed by atoms with van der Waals surface area (Å²) in [5.74, 6) is 0.232. The molecule has 0 N–H and O–H groups in total. The molecule has 1 heterocycles. The van der Waals surface area contributed by atoms with Crippen LogP contribution in [0.3, 0.4) is 0 Å². The number of hydrogen-bond acceptors (Lipinski definition) is 2. The number of carbonyl (C=O) groups excluding carboxylic acids is 2. The van der Waals surface area contributed by atoms with E-state index in [9.17, 15) is 9.59 Å². The maximum Gasteiger partial charge on any atom is 0.222 e. The molecule has 1 atom stereocenters. The number of hydrogen-bond donors (Lipinski definition) is 0. The lowest BCUT2D eigenvalue weighted by atomic mass is 9.90. The first kappa shape index (κ1) is 16.0. The van der Waals surface area contributed by atoms with E-state index in [-0.39, 0.29) is 17.6 Å². The number of likely N-dealkylation sites (tertiary alicyclic amines) is 1. The fraction of sp³-hybridized carbons (Fsp3) is 0.529. The summed E-state index contributed by atoms with van der Waals surface area (Å²) in [5.41, 5.74) is 0.687. The molecule has 114 valence electrons. The first-order chi connectivity index (χ1) is 10.1. The van der Waals surface area contributed by atoms with E-state index in [1.807, 2.05) is 4.90 Å². The van der Waals surface area contributed by atoms with Crippen LogP contribution in [-0.4, -0.2) is 29.7 Å². The number of rotatable bonds is 5. The molecule has 0 saturated carbocycles. The molecule has 0 radical (unpaired) electrons. The van der Waals surface area contributed by atoms with Gasteiger partial charge in [-0.15, -0.1) is 0 Å². The molecule has 1 aliphatic heterocycles. The second-order valence-corrected chi connectivity index (χ2v) is 6.09. The monoisotopic (exact) mass is 307 g/mol. The zero-order valence-corrected chi connectivity index (χ0v) is 13.2. The molecule has 4 heteroatoms. The molecule has 2 rings (SSSR count). The topological polar surface area (TPSA) is 37.4 Å². The van der Waals surface area contributed by atoms with Crippen molar-refractivity contribution >= 4 is 23.3 Å². The molecule has 1 saturated heterocycles. The van der Waals surface area contributed by atoms with Crippen molar-refractivity contribution in [3.05, 3.63) is 34.9 Å². The van der Waals surface area contributed by atoms with E-state index in [4.69, 9.17) is 11.6 Å². The van der Waals surface area contributed by atoms with Crippen molar-refractivity contribution in [1.29, 1.82) is 0 Å². The van der Waals surface area contributed by atoms with E-state index in [0.717, 1.165) is 32.2 Å². The number of halogens is 1. The Morgan fingerprint density at radius 1 is 1.29 bits per heavy atom. The van der Waals surface area contributed by atoms with Gasteiger partial charge in [0.1, 0.15) is 0 Å². The van der Waals surface area contributed by atoms with Gasteiger partial charge in [-0.3, -0.25) is 9.59 Å². The Morgan fingerprint density at radius 2 is 2.00 bits per heavy atom. The van der Waals surface area contributed by atoms with Gasteiger partial charge in [-0.1, -0.05) is 24.9 Å². The van der Waals surface area contributed by atoms with Gasteiger partial charge in [0.15, 0.2) is 5.78 Å². The summed E-state index contributed by atoms with van der Waals surface area (Å²) >= 11 is 5.85. The second-order valence-electron chi connectivity index (χ2n) is 5.65. The van der Waals surface area contributed by atoms with Crippen LogP contribution in [0.5, 0.6) is 0 Å². The van der Waals surface area contributed by atoms with Crippen LogP contribution in [0, 0.1) is 5.92 Å². The molecule has 1 unspecified atom stereocenters. The minimum Gasteiger partial charge on any atom is -0.342 e. The maximum atomic E-state index is 12.5. The molecule has 1 fully saturated rings. The lowest BCUT2D eigenvalue weighted by Crippen LogP contribution is -2.42. The highest BCUT2D eigenvalue weighted by Crippen LogP contribution is 2.22. The molecule has 0 bridgehead atoms. The van der Waals surface area contributed by atoms with Gasteiger partial charge in [-0.2, -0.15) is 0 Å². The predicted molar refractivity (Wildman–Crippen MR) is 84.6 cm³/mol. The van der Waals surface area contributed by atoms with E-state index in [0.29, 0.717) is 23.6 Å². The van der Waals surface area contributed by atoms with E-state index in [2.05, 4.69) is 6.92 Å². The lowest BCUT2D eigenvalue weighted by Gasteiger charge is -2.32. The Bertz CT molecular complexity index is 498. The molecule has 0 aliphatic carbocycles. The van der Waals surface area contributed by atoms with Crippen LogP contribution < -0.4 is 0 Å². The third-order valence-electron chi connectivity index (χ3n) is 4.02. The largest absolute Gasteiger partial charge is 0.342 e. The average molecular weight is 308 g/mol. The Hall–Kier alpha value is -1.35. The fourth-order valence-corrected chi connectivity index (χ4v) is 2.88. The van der Waals surface area contributed by atoms with Crippen molar-refractivity contribution < 1.29 is 9.59 Å². The van der Waals surface area contributed by atoms with Gasteiger partial charge in [-0.25, -0.2) is 0 Å². The number of carbonyl (C=O) groups is 2. The van der Waals surface area contributed by atoms with E-state index >= 15 is 0 Å². The summed E-state index contributed by atoms with van der Waals surface area (Å²) in [4.78, 5) is 26.5. The number of nitrogens with zero attached hydrogens (tertiary/aromatic N) is 1. The van der Waals surface area contributed by atoms with Crippen LogP contribution in [0.2, 0.25) is 5.02 Å². The molecule has 1 amide bonds. The normalized spacial score (nSPS) is 18.6. The Labute approximate surface area is 131 Å². The van der Waals surface area contributed by atoms with Crippen LogP contribution in [0.1, 0.15) is 49.4 Å². The van der Waals surface area contributed by atoms with E-state index < -0.39 is 0 Å². The number of ketones is 1. The van der Waals surface area contributed by atoms with Crippen LogP contribution >= 0.6 is 11.6 Å². The number of unbranched alkanes of at least 4 members (excludes halogenated alkanes) is 1. The van der Waals surface area contributed by atoms with Gasteiger partial charge in [0.05, 0.1) is 0 Å². The molecule has 1 aromatic rings. The summed E-state index contributed by atoms with van der Waals surface area (Å²) in [6, 6.07) is 7.01. The minimum atomic E-state index is -0.0782. The molecule has 21 heavy (non-hydrogen) atoms. The van der Waals surface area contributed by atoms with Gasteiger partial charge in [0.25, 0.3) is 0 Å². The van der Waals surface area contributed by atoms with Crippen molar-refractivity contribution in [2.24, 2.45) is 5.92 Å². The number of piperidine rings is 1. The SMILES string of the molecule is CCCCC(=O)N1CCCC(C(=O)c2ccc(Cl)cc2)C1. The van der Waals surface area contributed by atoms with Crippen LogP contribution in [0.15, 0.2) is 24.3 Å². The molecule has 3 nitrogen and oxygen atoms in total. The van der Waals surface area contributed by atoms with Gasteiger partial charge in [-0.05, 0) is 43.5 Å². The molecular weight excluding hydrogens is 286 g/mol. The van der Waals surface area contributed by atoms with Gasteiger partial charge in [0.2, 0.25) is 5.91 Å². The smallest absolute Gasteiger partial charge is 0.222 e. The highest BCUT2D eigenvalue weighted by Gasteiger charge is 2.28. The minimum absolute atomic E-state index is 0.0782. The highest BCUT2D eigenvalue weighted by molar-refractivity contribution is 6.30. The third kappa shape index (κ3) is 4.31. The molecule has 0 aromatic heterocycles. The van der Waals surface area contributed by atoms with Crippen molar-refractivity contribution in [2.75, 3.05) is 13.1 Å². The second kappa shape index (κ2) is 7.60. The zero-order valence-electron chi connectivity index (χ0n) is 12.5. The van der Waals surface area contributed by atoms with Crippen LogP contribution in [-0.2, 0) is 4.79 Å². The van der Waals surface area contributed by atoms with Gasteiger partial charge >= 0.3 is 0 Å². The number of amides is 1. The Morgan fingerprint density at radius 3 is 2.67 bits per heavy atom. The Kier molecular flexibility index (Phi) is 5.80. The zero-order chi connectivity index (χ0) is 15.2. The van der Waals surface area contributed by atoms with Crippen LogP contribution in [0.25, 0.3) is 0 Å². The maximum absolute atomic E-state index is 12.5. The lowest BCUT2D eigenvalue weighted by molar-refractivity contribution is -0.132. The summed E-state index contributed by atoms with van der Waals surface area (Å²) in [6.45, 7) is 3.42. The molecular formula is C17H22ClNO2. The highest BCUT2D eigenvalue weighted by atomic mass is 35.5. The predicted octanol–water partition coefficient (Wildman–Crippen LogP) is 3.95. The fourth-order valence-electron chi connectivity index (χ4n) is 2.75. The average Bonchev–Trinajstić information content (AvgIpc) is 2.52. The van der Waals surface area contributed by atoms with Crippen LogP contribution in [0.4, 0.5) is 0 Å². The standard InChI is InChI=1S/C17H22ClNO2/c1-2-3-6-16(20)19-11-4-5-14(12-19)17(21)13-7-9-15(18)10-8-13/h7-10,14H,2-6,11-12H2,1H3. The molecule has 1 aliphatic rings. The van der Waals surface area contributed by atoms with E-state index in [1.165, 1.54) is 0 Å². The summed E-state index contributed by atoms with van der Waals surface area (Å²) in [5, 5.41) is 0.631. The first-order valence-corrected chi connectivity index (χ1v) is 8.07. The summed E-state index contributed by atoms with van der Waals surface area (Å²) in [6.07, 6.45) is 4.30. The number of Topliss-reactive ketones (excluding diaryl/α,β-unsaturated/α-hetero) is 1. The third-order valence-corrected chi connectivity index (χ3v) is 4.27. The summed E-state index contributed by atoms with van der Waals surface area (Å²) < 4.78 is 0. The van der Waals surface area contributed by atoms with E-state index in [1.54, 1.807) is 24.3 Å². The molecule has 0 spiro atoms.